The second kappa shape index (κ2) is 8.48. The van der Waals surface area contributed by atoms with E-state index in [1.807, 2.05) is 0 Å². The Bertz CT molecular complexity index is 1160. The van der Waals surface area contributed by atoms with Gasteiger partial charge in [-0.1, -0.05) is 0 Å². The average Bonchev–Trinajstić information content (AvgIpc) is 2.82. The van der Waals surface area contributed by atoms with E-state index in [0.717, 1.165) is 37.0 Å². The zero-order valence-electron chi connectivity index (χ0n) is 19.9. The van der Waals surface area contributed by atoms with Gasteiger partial charge in [0.15, 0.2) is 11.5 Å². The highest BCUT2D eigenvalue weighted by Crippen LogP contribution is 2.55. The molecule has 0 unspecified atom stereocenters. The van der Waals surface area contributed by atoms with Gasteiger partial charge in [-0.15, -0.1) is 0 Å². The Balaban J connectivity index is 1.31. The van der Waals surface area contributed by atoms with E-state index >= 15 is 0 Å². The molecular weight excluding hydrogens is 452 g/mol. The number of nitrogens with one attached hydrogen (secondary N) is 1. The highest BCUT2D eigenvalue weighted by atomic mass is 32.2. The van der Waals surface area contributed by atoms with Crippen LogP contribution in [0.4, 0.5) is 5.69 Å². The summed E-state index contributed by atoms with van der Waals surface area (Å²) in [4.78, 5) is 13.2. The third kappa shape index (κ3) is 4.02. The Morgan fingerprint density at radius 1 is 0.912 bits per heavy atom. The van der Waals surface area contributed by atoms with Crippen molar-refractivity contribution in [2.75, 3.05) is 25.6 Å². The van der Waals surface area contributed by atoms with E-state index in [-0.39, 0.29) is 16.3 Å². The van der Waals surface area contributed by atoms with Gasteiger partial charge in [0.05, 0.1) is 24.8 Å². The average molecular weight is 485 g/mol. The SMILES string of the molecule is COc1ccc(S(=O)(=O)N(C)c2ccc(C(=O)NC34CC5CC(CC(C5)C3)C4)cc2)cc1OC. The molecule has 4 aliphatic rings. The molecule has 0 radical (unpaired) electrons. The number of benzene rings is 2. The van der Waals surface area contributed by atoms with E-state index in [4.69, 9.17) is 9.47 Å². The van der Waals surface area contributed by atoms with E-state index < -0.39 is 10.0 Å². The number of nitrogens with zero attached hydrogens (tertiary/aromatic N) is 1. The fourth-order valence-electron chi connectivity index (χ4n) is 6.67. The number of carbonyl (C=O) groups excluding carboxylic acids is 1. The second-order valence-electron chi connectivity index (χ2n) is 10.2. The molecule has 0 aromatic heterocycles. The van der Waals surface area contributed by atoms with Crippen molar-refractivity contribution < 1.29 is 22.7 Å². The highest BCUT2D eigenvalue weighted by Gasteiger charge is 2.51. The fourth-order valence-corrected chi connectivity index (χ4v) is 7.88. The van der Waals surface area contributed by atoms with E-state index in [1.54, 1.807) is 30.3 Å². The van der Waals surface area contributed by atoms with Crippen LogP contribution in [0.3, 0.4) is 0 Å². The van der Waals surface area contributed by atoms with Gasteiger partial charge in [-0.05, 0) is 92.7 Å². The number of carbonyl (C=O) groups is 1. The quantitative estimate of drug-likeness (QED) is 0.636. The number of hydrogen-bond acceptors (Lipinski definition) is 5. The van der Waals surface area contributed by atoms with Crippen molar-refractivity contribution in [3.05, 3.63) is 48.0 Å². The molecule has 4 saturated carbocycles. The van der Waals surface area contributed by atoms with E-state index in [2.05, 4.69) is 5.32 Å². The summed E-state index contributed by atoms with van der Waals surface area (Å²) < 4.78 is 38.0. The Labute approximate surface area is 201 Å². The first-order valence-corrected chi connectivity index (χ1v) is 13.3. The van der Waals surface area contributed by atoms with Gasteiger partial charge in [0.1, 0.15) is 0 Å². The van der Waals surface area contributed by atoms with Crippen LogP contribution < -0.4 is 19.1 Å². The Hall–Kier alpha value is -2.74. The first-order valence-electron chi connectivity index (χ1n) is 11.9. The molecule has 7 nitrogen and oxygen atoms in total. The van der Waals surface area contributed by atoms with Crippen LogP contribution >= 0.6 is 0 Å². The summed E-state index contributed by atoms with van der Waals surface area (Å²) in [7, 11) is 0.637. The van der Waals surface area contributed by atoms with Crippen molar-refractivity contribution in [1.82, 2.24) is 5.32 Å². The van der Waals surface area contributed by atoms with Crippen LogP contribution in [0.2, 0.25) is 0 Å². The molecule has 0 heterocycles. The first-order chi connectivity index (χ1) is 16.2. The van der Waals surface area contributed by atoms with Crippen LogP contribution in [-0.4, -0.2) is 41.1 Å². The van der Waals surface area contributed by atoms with Crippen LogP contribution in [0, 0.1) is 17.8 Å². The predicted octanol–water partition coefficient (Wildman–Crippen LogP) is 4.23. The molecule has 182 valence electrons. The Morgan fingerprint density at radius 2 is 1.47 bits per heavy atom. The smallest absolute Gasteiger partial charge is 0.264 e. The third-order valence-corrected chi connectivity index (χ3v) is 9.70. The molecule has 0 spiro atoms. The number of ether oxygens (including phenoxy) is 2. The van der Waals surface area contributed by atoms with Crippen LogP contribution in [0.5, 0.6) is 11.5 Å². The number of rotatable bonds is 7. The minimum atomic E-state index is -3.82. The second-order valence-corrected chi connectivity index (χ2v) is 12.2. The lowest BCUT2D eigenvalue weighted by Gasteiger charge is -2.56. The van der Waals surface area contributed by atoms with Crippen LogP contribution in [0.15, 0.2) is 47.4 Å². The number of sulfonamides is 1. The molecule has 0 aliphatic heterocycles. The largest absolute Gasteiger partial charge is 0.493 e. The topological polar surface area (TPSA) is 84.9 Å². The predicted molar refractivity (Wildman–Crippen MR) is 130 cm³/mol. The maximum atomic E-state index is 13.2. The summed E-state index contributed by atoms with van der Waals surface area (Å²) >= 11 is 0. The van der Waals surface area contributed by atoms with Gasteiger partial charge in [0, 0.05) is 24.2 Å². The van der Waals surface area contributed by atoms with Crippen molar-refractivity contribution in [1.29, 1.82) is 0 Å². The summed E-state index contributed by atoms with van der Waals surface area (Å²) in [6, 6.07) is 11.2. The lowest BCUT2D eigenvalue weighted by Crippen LogP contribution is -2.59. The Morgan fingerprint density at radius 3 is 2.00 bits per heavy atom. The first kappa shape index (κ1) is 23.0. The van der Waals surface area contributed by atoms with Crippen molar-refractivity contribution in [2.45, 2.75) is 49.0 Å². The maximum Gasteiger partial charge on any atom is 0.264 e. The minimum Gasteiger partial charge on any atom is -0.493 e. The molecule has 4 fully saturated rings. The molecule has 2 aromatic rings. The van der Waals surface area contributed by atoms with Crippen LogP contribution in [0.25, 0.3) is 0 Å². The van der Waals surface area contributed by atoms with Gasteiger partial charge in [-0.2, -0.15) is 0 Å². The van der Waals surface area contributed by atoms with Gasteiger partial charge in [0.25, 0.3) is 15.9 Å². The van der Waals surface area contributed by atoms with Gasteiger partial charge in [-0.25, -0.2) is 8.42 Å². The van der Waals surface area contributed by atoms with Crippen molar-refractivity contribution >= 4 is 21.6 Å². The van der Waals surface area contributed by atoms with Gasteiger partial charge >= 0.3 is 0 Å². The van der Waals surface area contributed by atoms with Crippen LogP contribution in [-0.2, 0) is 10.0 Å². The monoisotopic (exact) mass is 484 g/mol. The zero-order chi connectivity index (χ0) is 24.1. The minimum absolute atomic E-state index is 0.0575. The summed E-state index contributed by atoms with van der Waals surface area (Å²) in [6.07, 6.45) is 7.25. The van der Waals surface area contributed by atoms with E-state index in [0.29, 0.717) is 22.7 Å². The van der Waals surface area contributed by atoms with E-state index in [1.165, 1.54) is 57.0 Å². The maximum absolute atomic E-state index is 13.2. The lowest BCUT2D eigenvalue weighted by molar-refractivity contribution is -0.0167. The summed E-state index contributed by atoms with van der Waals surface area (Å²) in [5.74, 6) is 2.99. The van der Waals surface area contributed by atoms with Gasteiger partial charge in [0.2, 0.25) is 0 Å². The molecule has 34 heavy (non-hydrogen) atoms. The number of hydrogen-bond donors (Lipinski definition) is 1. The molecule has 6 rings (SSSR count). The molecular formula is C26H32N2O5S. The van der Waals surface area contributed by atoms with Crippen molar-refractivity contribution in [3.8, 4) is 11.5 Å². The van der Waals surface area contributed by atoms with Crippen LogP contribution in [0.1, 0.15) is 48.9 Å². The number of methoxy groups -OCH3 is 2. The third-order valence-electron chi connectivity index (χ3n) is 7.92. The molecule has 4 bridgehead atoms. The number of amides is 1. The standard InChI is InChI=1S/C26H32N2O5S/c1-28(34(30,31)22-8-9-23(32-2)24(13-22)33-3)21-6-4-20(5-7-21)25(29)27-26-14-17-10-18(15-26)12-19(11-17)16-26/h4-9,13,17-19H,10-12,14-16H2,1-3H3,(H,27,29). The summed E-state index contributed by atoms with van der Waals surface area (Å²) in [6.45, 7) is 0. The molecule has 0 saturated heterocycles. The highest BCUT2D eigenvalue weighted by molar-refractivity contribution is 7.92. The van der Waals surface area contributed by atoms with E-state index in [9.17, 15) is 13.2 Å². The van der Waals surface area contributed by atoms with Gasteiger partial charge < -0.3 is 14.8 Å². The van der Waals surface area contributed by atoms with Gasteiger partial charge in [-0.3, -0.25) is 9.10 Å². The molecule has 1 amide bonds. The normalized spacial score (nSPS) is 27.3. The summed E-state index contributed by atoms with van der Waals surface area (Å²) in [5.41, 5.74) is 0.968. The Kier molecular flexibility index (Phi) is 5.74. The molecule has 8 heteroatoms. The molecule has 0 atom stereocenters. The van der Waals surface area contributed by atoms with Crippen molar-refractivity contribution in [3.63, 3.8) is 0 Å². The molecule has 1 N–H and O–H groups in total. The van der Waals surface area contributed by atoms with Crippen molar-refractivity contribution in [2.24, 2.45) is 17.8 Å². The fraction of sp³-hybridized carbons (Fsp3) is 0.500. The lowest BCUT2D eigenvalue weighted by atomic mass is 9.53. The summed E-state index contributed by atoms with van der Waals surface area (Å²) in [5, 5.41) is 3.37. The molecule has 4 aliphatic carbocycles. The molecule has 2 aromatic carbocycles. The zero-order valence-corrected chi connectivity index (χ0v) is 20.7. The number of anilines is 1.